The predicted octanol–water partition coefficient (Wildman–Crippen LogP) is 2.27. The fourth-order valence-corrected chi connectivity index (χ4v) is 2.19. The minimum atomic E-state index is -3.26. The van der Waals surface area contributed by atoms with Crippen LogP contribution in [0.25, 0.3) is 0 Å². The molecule has 1 heterocycles. The lowest BCUT2D eigenvalue weighted by atomic mass is 10.3. The van der Waals surface area contributed by atoms with Gasteiger partial charge in [-0.2, -0.15) is 0 Å². The molecule has 114 valence electrons. The molecule has 0 unspecified atom stereocenters. The number of aromatic nitrogens is 1. The molecule has 0 fully saturated rings. The topological polar surface area (TPSA) is 72.6 Å². The van der Waals surface area contributed by atoms with E-state index < -0.39 is 10.0 Å². The van der Waals surface area contributed by atoms with E-state index in [1.165, 1.54) is 11.4 Å². The fraction of sp³-hybridized carbons (Fsp3) is 0.357. The number of rotatable bonds is 5. The second-order valence-electron chi connectivity index (χ2n) is 4.76. The summed E-state index contributed by atoms with van der Waals surface area (Å²) < 4.78 is 35.1. The van der Waals surface area contributed by atoms with Gasteiger partial charge in [-0.25, -0.2) is 13.4 Å². The van der Waals surface area contributed by atoms with Crippen molar-refractivity contribution in [2.45, 2.75) is 20.5 Å². The number of aryl methyl sites for hydroxylation is 2. The Morgan fingerprint density at radius 1 is 1.24 bits per heavy atom. The molecule has 2 aromatic rings. The molecule has 0 spiro atoms. The van der Waals surface area contributed by atoms with Crippen LogP contribution in [0.15, 0.2) is 28.7 Å². The molecule has 0 atom stereocenters. The van der Waals surface area contributed by atoms with Gasteiger partial charge in [0, 0.05) is 7.05 Å². The van der Waals surface area contributed by atoms with Crippen LogP contribution in [0.2, 0.25) is 0 Å². The Morgan fingerprint density at radius 2 is 1.86 bits per heavy atom. The molecule has 0 aliphatic carbocycles. The van der Waals surface area contributed by atoms with Crippen LogP contribution in [0.5, 0.6) is 5.75 Å². The average Bonchev–Trinajstić information content (AvgIpc) is 2.74. The Kier molecular flexibility index (Phi) is 4.22. The van der Waals surface area contributed by atoms with E-state index in [-0.39, 0.29) is 6.61 Å². The molecule has 2 rings (SSSR count). The highest BCUT2D eigenvalue weighted by molar-refractivity contribution is 7.92. The molecule has 0 aliphatic rings. The molecule has 0 bridgehead atoms. The SMILES string of the molecule is Cc1nc(COc2ccc(N(C)S(C)(=O)=O)cc2)oc1C. The van der Waals surface area contributed by atoms with Gasteiger partial charge in [0.25, 0.3) is 0 Å². The van der Waals surface area contributed by atoms with Crippen molar-refractivity contribution in [3.05, 3.63) is 41.6 Å². The van der Waals surface area contributed by atoms with Crippen molar-refractivity contribution >= 4 is 15.7 Å². The highest BCUT2D eigenvalue weighted by Gasteiger charge is 2.12. The molecule has 0 N–H and O–H groups in total. The normalized spacial score (nSPS) is 11.4. The summed E-state index contributed by atoms with van der Waals surface area (Å²) in [6, 6.07) is 6.78. The largest absolute Gasteiger partial charge is 0.484 e. The van der Waals surface area contributed by atoms with Gasteiger partial charge < -0.3 is 9.15 Å². The third-order valence-corrected chi connectivity index (χ3v) is 4.34. The zero-order valence-electron chi connectivity index (χ0n) is 12.5. The van der Waals surface area contributed by atoms with E-state index >= 15 is 0 Å². The van der Waals surface area contributed by atoms with E-state index in [0.29, 0.717) is 17.3 Å². The summed E-state index contributed by atoms with van der Waals surface area (Å²) in [4.78, 5) is 4.22. The maximum atomic E-state index is 11.4. The van der Waals surface area contributed by atoms with E-state index in [4.69, 9.17) is 9.15 Å². The number of hydrogen-bond donors (Lipinski definition) is 0. The van der Waals surface area contributed by atoms with Crippen LogP contribution in [0.3, 0.4) is 0 Å². The van der Waals surface area contributed by atoms with Crippen LogP contribution in [-0.2, 0) is 16.6 Å². The molecule has 0 saturated carbocycles. The monoisotopic (exact) mass is 310 g/mol. The summed E-state index contributed by atoms with van der Waals surface area (Å²) in [5, 5.41) is 0. The second-order valence-corrected chi connectivity index (χ2v) is 6.78. The van der Waals surface area contributed by atoms with E-state index in [9.17, 15) is 8.42 Å². The average molecular weight is 310 g/mol. The van der Waals surface area contributed by atoms with Gasteiger partial charge in [-0.1, -0.05) is 0 Å². The Balaban J connectivity index is 2.03. The van der Waals surface area contributed by atoms with E-state index in [1.54, 1.807) is 24.3 Å². The molecule has 0 radical (unpaired) electrons. The van der Waals surface area contributed by atoms with Crippen LogP contribution in [-0.4, -0.2) is 26.7 Å². The van der Waals surface area contributed by atoms with E-state index in [0.717, 1.165) is 17.7 Å². The number of anilines is 1. The van der Waals surface area contributed by atoms with Gasteiger partial charge in [-0.3, -0.25) is 4.31 Å². The zero-order valence-corrected chi connectivity index (χ0v) is 13.3. The summed E-state index contributed by atoms with van der Waals surface area (Å²) in [5.41, 5.74) is 1.42. The van der Waals surface area contributed by atoms with Crippen LogP contribution in [0, 0.1) is 13.8 Å². The number of sulfonamides is 1. The second kappa shape index (κ2) is 5.77. The first-order chi connectivity index (χ1) is 9.77. The van der Waals surface area contributed by atoms with Crippen LogP contribution < -0.4 is 9.04 Å². The first-order valence-electron chi connectivity index (χ1n) is 6.37. The lowest BCUT2D eigenvalue weighted by Gasteiger charge is -2.16. The van der Waals surface area contributed by atoms with Crippen molar-refractivity contribution in [1.29, 1.82) is 0 Å². The van der Waals surface area contributed by atoms with Crippen molar-refractivity contribution in [1.82, 2.24) is 4.98 Å². The van der Waals surface area contributed by atoms with Crippen molar-refractivity contribution in [2.24, 2.45) is 0 Å². The predicted molar refractivity (Wildman–Crippen MR) is 80.0 cm³/mol. The Morgan fingerprint density at radius 3 is 2.33 bits per heavy atom. The molecule has 0 aliphatic heterocycles. The highest BCUT2D eigenvalue weighted by Crippen LogP contribution is 2.21. The Labute approximate surface area is 124 Å². The Bertz CT molecular complexity index is 700. The van der Waals surface area contributed by atoms with Gasteiger partial charge in [0.1, 0.15) is 11.5 Å². The maximum Gasteiger partial charge on any atom is 0.232 e. The van der Waals surface area contributed by atoms with Gasteiger partial charge in [0.05, 0.1) is 17.6 Å². The van der Waals surface area contributed by atoms with Gasteiger partial charge in [-0.15, -0.1) is 0 Å². The quantitative estimate of drug-likeness (QED) is 0.847. The number of oxazole rings is 1. The van der Waals surface area contributed by atoms with Gasteiger partial charge in [-0.05, 0) is 38.1 Å². The smallest absolute Gasteiger partial charge is 0.232 e. The molecule has 1 aromatic carbocycles. The van der Waals surface area contributed by atoms with Crippen molar-refractivity contribution < 1.29 is 17.6 Å². The van der Waals surface area contributed by atoms with Gasteiger partial charge in [0.15, 0.2) is 6.61 Å². The van der Waals surface area contributed by atoms with Crippen LogP contribution in [0.4, 0.5) is 5.69 Å². The summed E-state index contributed by atoms with van der Waals surface area (Å²) in [6.45, 7) is 3.95. The number of benzene rings is 1. The minimum Gasteiger partial charge on any atom is -0.484 e. The summed E-state index contributed by atoms with van der Waals surface area (Å²) in [5.74, 6) is 1.91. The first-order valence-corrected chi connectivity index (χ1v) is 8.22. The molecule has 0 amide bonds. The summed E-state index contributed by atoms with van der Waals surface area (Å²) in [7, 11) is -1.75. The first kappa shape index (κ1) is 15.4. The maximum absolute atomic E-state index is 11.4. The van der Waals surface area contributed by atoms with Crippen LogP contribution in [0.1, 0.15) is 17.3 Å². The standard InChI is InChI=1S/C14H18N2O4S/c1-10-11(2)20-14(15-10)9-19-13-7-5-12(6-8-13)16(3)21(4,17)18/h5-8H,9H2,1-4H3. The Hall–Kier alpha value is -2.02. The lowest BCUT2D eigenvalue weighted by molar-refractivity contribution is 0.260. The summed E-state index contributed by atoms with van der Waals surface area (Å²) in [6.07, 6.45) is 1.16. The third-order valence-electron chi connectivity index (χ3n) is 3.13. The highest BCUT2D eigenvalue weighted by atomic mass is 32.2. The molecule has 7 heteroatoms. The number of hydrogen-bond acceptors (Lipinski definition) is 5. The molecular weight excluding hydrogens is 292 g/mol. The van der Waals surface area contributed by atoms with E-state index in [1.807, 2.05) is 13.8 Å². The molecule has 21 heavy (non-hydrogen) atoms. The van der Waals surface area contributed by atoms with Gasteiger partial charge in [0.2, 0.25) is 15.9 Å². The molecule has 6 nitrogen and oxygen atoms in total. The van der Waals surface area contributed by atoms with Gasteiger partial charge >= 0.3 is 0 Å². The number of ether oxygens (including phenoxy) is 1. The van der Waals surface area contributed by atoms with Crippen molar-refractivity contribution in [2.75, 3.05) is 17.6 Å². The molecule has 1 aromatic heterocycles. The number of nitrogens with zero attached hydrogens (tertiary/aromatic N) is 2. The van der Waals surface area contributed by atoms with Crippen molar-refractivity contribution in [3.63, 3.8) is 0 Å². The van der Waals surface area contributed by atoms with Crippen molar-refractivity contribution in [3.8, 4) is 5.75 Å². The minimum absolute atomic E-state index is 0.232. The molecular formula is C14H18N2O4S. The zero-order chi connectivity index (χ0) is 15.6. The van der Waals surface area contributed by atoms with E-state index in [2.05, 4.69) is 4.98 Å². The fourth-order valence-electron chi connectivity index (χ4n) is 1.69. The lowest BCUT2D eigenvalue weighted by Crippen LogP contribution is -2.24. The summed E-state index contributed by atoms with van der Waals surface area (Å²) >= 11 is 0. The molecule has 0 saturated heterocycles. The third kappa shape index (κ3) is 3.75. The van der Waals surface area contributed by atoms with Crippen LogP contribution >= 0.6 is 0 Å².